The van der Waals surface area contributed by atoms with Crippen LogP contribution in [0.25, 0.3) is 0 Å². The second kappa shape index (κ2) is 6.15. The van der Waals surface area contributed by atoms with Crippen LogP contribution in [0.2, 0.25) is 0 Å². The molecule has 2 rings (SSSR count). The molecule has 122 valence electrons. The Balaban J connectivity index is 2.35. The fourth-order valence-corrected chi connectivity index (χ4v) is 2.96. The topological polar surface area (TPSA) is 61.8 Å². The van der Waals surface area contributed by atoms with Gasteiger partial charge in [0, 0.05) is 0 Å². The highest BCUT2D eigenvalue weighted by Crippen LogP contribution is 2.46. The van der Waals surface area contributed by atoms with E-state index in [0.717, 1.165) is 11.1 Å². The summed E-state index contributed by atoms with van der Waals surface area (Å²) >= 11 is 0. The Morgan fingerprint density at radius 3 is 2.27 bits per heavy atom. The molecule has 0 spiro atoms. The Bertz CT molecular complexity index is 509. The third-order valence-corrected chi connectivity index (χ3v) is 4.08. The normalized spacial score (nSPS) is 21.6. The van der Waals surface area contributed by atoms with E-state index >= 15 is 0 Å². The van der Waals surface area contributed by atoms with Crippen molar-refractivity contribution < 1.29 is 23.8 Å². The smallest absolute Gasteiger partial charge is 0.323 e. The maximum atomic E-state index is 12.5. The number of hydrogen-bond donors (Lipinski definition) is 0. The number of carbonyl (C=O) groups excluding carboxylic acids is 2. The van der Waals surface area contributed by atoms with Crippen LogP contribution in [0.3, 0.4) is 0 Å². The highest BCUT2D eigenvalue weighted by Gasteiger charge is 2.52. The van der Waals surface area contributed by atoms with Gasteiger partial charge < -0.3 is 14.2 Å². The van der Waals surface area contributed by atoms with Crippen molar-refractivity contribution in [2.45, 2.75) is 52.6 Å². The van der Waals surface area contributed by atoms with E-state index in [0.29, 0.717) is 19.3 Å². The summed E-state index contributed by atoms with van der Waals surface area (Å²) in [6, 6.07) is 0. The first kappa shape index (κ1) is 16.6. The average molecular weight is 308 g/mol. The number of fused-ring (bicyclic) bond motifs is 1. The van der Waals surface area contributed by atoms with Crippen LogP contribution in [0.15, 0.2) is 23.5 Å². The molecule has 1 aliphatic carbocycles. The molecule has 0 radical (unpaired) electrons. The van der Waals surface area contributed by atoms with Crippen molar-refractivity contribution in [2.75, 3.05) is 13.2 Å². The highest BCUT2D eigenvalue weighted by molar-refractivity contribution is 6.01. The maximum absolute atomic E-state index is 12.5. The minimum Gasteiger partial charge on any atom is -0.491 e. The summed E-state index contributed by atoms with van der Waals surface area (Å²) in [5.41, 5.74) is 0.348. The van der Waals surface area contributed by atoms with Crippen molar-refractivity contribution in [3.8, 4) is 0 Å². The van der Waals surface area contributed by atoms with Gasteiger partial charge in [-0.25, -0.2) is 0 Å². The van der Waals surface area contributed by atoms with Crippen molar-refractivity contribution in [3.05, 3.63) is 23.5 Å². The van der Waals surface area contributed by atoms with Gasteiger partial charge >= 0.3 is 11.9 Å². The van der Waals surface area contributed by atoms with Gasteiger partial charge in [-0.15, -0.1) is 0 Å². The molecule has 1 saturated carbocycles. The van der Waals surface area contributed by atoms with Crippen LogP contribution in [0.4, 0.5) is 0 Å². The van der Waals surface area contributed by atoms with Crippen molar-refractivity contribution in [1.82, 2.24) is 0 Å². The van der Waals surface area contributed by atoms with Crippen LogP contribution in [0, 0.1) is 5.41 Å². The van der Waals surface area contributed by atoms with Crippen molar-refractivity contribution in [1.29, 1.82) is 0 Å². The predicted molar refractivity (Wildman–Crippen MR) is 80.9 cm³/mol. The molecule has 0 unspecified atom stereocenters. The van der Waals surface area contributed by atoms with E-state index in [1.54, 1.807) is 20.1 Å². The van der Waals surface area contributed by atoms with Crippen LogP contribution in [0.1, 0.15) is 47.0 Å². The quantitative estimate of drug-likeness (QED) is 0.590. The Labute approximate surface area is 131 Å². The fourth-order valence-electron chi connectivity index (χ4n) is 2.96. The summed E-state index contributed by atoms with van der Waals surface area (Å²) in [4.78, 5) is 24.9. The maximum Gasteiger partial charge on any atom is 0.323 e. The largest absolute Gasteiger partial charge is 0.491 e. The molecular weight excluding hydrogens is 284 g/mol. The van der Waals surface area contributed by atoms with Crippen molar-refractivity contribution >= 4 is 11.9 Å². The second-order valence-electron chi connectivity index (χ2n) is 6.23. The fraction of sp³-hybridized carbons (Fsp3) is 0.647. The number of carbonyl (C=O) groups is 2. The molecular formula is C17H24O5. The van der Waals surface area contributed by atoms with Gasteiger partial charge in [-0.05, 0) is 64.2 Å². The Hall–Kier alpha value is -1.78. The summed E-state index contributed by atoms with van der Waals surface area (Å²) in [6.45, 7) is 7.85. The van der Waals surface area contributed by atoms with E-state index < -0.39 is 23.0 Å². The Morgan fingerprint density at radius 2 is 1.73 bits per heavy atom. The standard InChI is InChI=1S/C17H24O5/c1-5-20-14(18)17(15(19)21-6-2)8-7-12-11-22-16(3,4)9-13(12)10-17/h9,11H,5-8,10H2,1-4H3. The van der Waals surface area contributed by atoms with Crippen molar-refractivity contribution in [2.24, 2.45) is 5.41 Å². The molecule has 5 nitrogen and oxygen atoms in total. The summed E-state index contributed by atoms with van der Waals surface area (Å²) < 4.78 is 16.0. The lowest BCUT2D eigenvalue weighted by atomic mass is 9.69. The Kier molecular flexibility index (Phi) is 4.63. The van der Waals surface area contributed by atoms with Gasteiger partial charge in [-0.1, -0.05) is 0 Å². The lowest BCUT2D eigenvalue weighted by molar-refractivity contribution is -0.173. The van der Waals surface area contributed by atoms with Gasteiger partial charge in [0.05, 0.1) is 19.5 Å². The monoisotopic (exact) mass is 308 g/mol. The minimum absolute atomic E-state index is 0.246. The van der Waals surface area contributed by atoms with Gasteiger partial charge in [0.15, 0.2) is 5.41 Å². The third-order valence-electron chi connectivity index (χ3n) is 4.08. The zero-order valence-corrected chi connectivity index (χ0v) is 13.7. The molecule has 0 atom stereocenters. The molecule has 2 aliphatic rings. The van der Waals surface area contributed by atoms with Crippen molar-refractivity contribution in [3.63, 3.8) is 0 Å². The molecule has 0 aromatic carbocycles. The molecule has 0 bridgehead atoms. The summed E-state index contributed by atoms with van der Waals surface area (Å²) in [6.07, 6.45) is 5.02. The number of rotatable bonds is 4. The number of ether oxygens (including phenoxy) is 3. The van der Waals surface area contributed by atoms with E-state index in [-0.39, 0.29) is 13.2 Å². The summed E-state index contributed by atoms with van der Waals surface area (Å²) in [5, 5.41) is 0. The van der Waals surface area contributed by atoms with Crippen LogP contribution < -0.4 is 0 Å². The van der Waals surface area contributed by atoms with Crippen LogP contribution >= 0.6 is 0 Å². The van der Waals surface area contributed by atoms with Gasteiger partial charge in [0.1, 0.15) is 5.60 Å². The first-order valence-electron chi connectivity index (χ1n) is 7.78. The molecule has 1 aliphatic heterocycles. The second-order valence-corrected chi connectivity index (χ2v) is 6.23. The first-order chi connectivity index (χ1) is 10.3. The zero-order valence-electron chi connectivity index (χ0n) is 13.7. The molecule has 1 fully saturated rings. The minimum atomic E-state index is -1.23. The Morgan fingerprint density at radius 1 is 1.14 bits per heavy atom. The molecule has 0 aromatic heterocycles. The lowest BCUT2D eigenvalue weighted by Crippen LogP contribution is -2.45. The zero-order chi connectivity index (χ0) is 16.4. The molecule has 22 heavy (non-hydrogen) atoms. The van der Waals surface area contributed by atoms with Crippen LogP contribution in [-0.2, 0) is 23.8 Å². The SMILES string of the molecule is CCOC(=O)C1(C(=O)OCC)CCC2=COC(C)(C)C=C2C1. The highest BCUT2D eigenvalue weighted by atomic mass is 16.6. The summed E-state index contributed by atoms with van der Waals surface area (Å²) in [5.74, 6) is -0.976. The number of esters is 2. The number of hydrogen-bond acceptors (Lipinski definition) is 5. The van der Waals surface area contributed by atoms with E-state index in [1.165, 1.54) is 0 Å². The first-order valence-corrected chi connectivity index (χ1v) is 7.78. The molecule has 5 heteroatoms. The molecule has 1 heterocycles. The van der Waals surface area contributed by atoms with E-state index in [2.05, 4.69) is 0 Å². The number of allylic oxidation sites excluding steroid dienone is 2. The van der Waals surface area contributed by atoms with Gasteiger partial charge in [-0.3, -0.25) is 9.59 Å². The summed E-state index contributed by atoms with van der Waals surface area (Å²) in [7, 11) is 0. The molecule has 0 saturated heterocycles. The van der Waals surface area contributed by atoms with Gasteiger partial charge in [0.25, 0.3) is 0 Å². The predicted octanol–water partition coefficient (Wildman–Crippen LogP) is 2.90. The van der Waals surface area contributed by atoms with E-state index in [4.69, 9.17) is 14.2 Å². The van der Waals surface area contributed by atoms with E-state index in [9.17, 15) is 9.59 Å². The van der Waals surface area contributed by atoms with Gasteiger partial charge in [-0.2, -0.15) is 0 Å². The van der Waals surface area contributed by atoms with E-state index in [1.807, 2.05) is 19.9 Å². The van der Waals surface area contributed by atoms with Crippen LogP contribution in [0.5, 0.6) is 0 Å². The average Bonchev–Trinajstić information content (AvgIpc) is 2.45. The van der Waals surface area contributed by atoms with Gasteiger partial charge in [0.2, 0.25) is 0 Å². The lowest BCUT2D eigenvalue weighted by Gasteiger charge is -2.38. The molecule has 0 amide bonds. The molecule has 0 N–H and O–H groups in total. The third kappa shape index (κ3) is 3.03. The molecule has 0 aromatic rings. The van der Waals surface area contributed by atoms with Crippen LogP contribution in [-0.4, -0.2) is 30.8 Å².